The molecule has 1 aromatic rings. The van der Waals surface area contributed by atoms with Crippen LogP contribution < -0.4 is 4.46 Å². The van der Waals surface area contributed by atoms with Crippen LogP contribution in [0.2, 0.25) is 0 Å². The van der Waals surface area contributed by atoms with Crippen molar-refractivity contribution in [2.75, 3.05) is 13.2 Å². The molecule has 15 heavy (non-hydrogen) atoms. The molecule has 0 aliphatic rings. The summed E-state index contributed by atoms with van der Waals surface area (Å²) in [4.78, 5) is 11.0. The first kappa shape index (κ1) is 12.2. The van der Waals surface area contributed by atoms with Gasteiger partial charge in [0, 0.05) is 0 Å². The third kappa shape index (κ3) is 4.42. The molecule has 0 spiro atoms. The van der Waals surface area contributed by atoms with Gasteiger partial charge >= 0.3 is 93.0 Å². The van der Waals surface area contributed by atoms with Crippen molar-refractivity contribution in [1.29, 1.82) is 0 Å². The van der Waals surface area contributed by atoms with Gasteiger partial charge in [0.05, 0.1) is 0 Å². The molecular formula is C10H11FO3Se. The van der Waals surface area contributed by atoms with E-state index in [-0.39, 0.29) is 13.2 Å². The predicted molar refractivity (Wildman–Crippen MR) is 54.8 cm³/mol. The van der Waals surface area contributed by atoms with Gasteiger partial charge in [-0.25, -0.2) is 0 Å². The fourth-order valence-electron chi connectivity index (χ4n) is 0.878. The van der Waals surface area contributed by atoms with E-state index in [0.717, 1.165) is 4.46 Å². The summed E-state index contributed by atoms with van der Waals surface area (Å²) in [7, 11) is 0. The number of hydrogen-bond acceptors (Lipinski definition) is 3. The Morgan fingerprint density at radius 3 is 2.73 bits per heavy atom. The Balaban J connectivity index is 2.41. The second-order valence-corrected chi connectivity index (χ2v) is 4.99. The standard InChI is InChI=1S/C10H11FO3Se/c11-9(10(13)14-7-6-12)15-8-4-2-1-3-5-8/h1-5,9,12H,6-7H2. The SMILES string of the molecule is O=C(OCCO)C(F)[Se]c1ccccc1. The molecule has 0 aliphatic heterocycles. The van der Waals surface area contributed by atoms with Gasteiger partial charge in [0.1, 0.15) is 0 Å². The third-order valence-corrected chi connectivity index (χ3v) is 3.48. The van der Waals surface area contributed by atoms with Gasteiger partial charge in [-0.1, -0.05) is 0 Å². The number of aliphatic hydroxyl groups excluding tert-OH is 1. The monoisotopic (exact) mass is 278 g/mol. The number of hydrogen-bond donors (Lipinski definition) is 1. The molecule has 0 saturated heterocycles. The van der Waals surface area contributed by atoms with Crippen LogP contribution in [0.4, 0.5) is 4.39 Å². The van der Waals surface area contributed by atoms with Crippen LogP contribution in [-0.4, -0.2) is 44.3 Å². The van der Waals surface area contributed by atoms with Crippen LogP contribution in [0.25, 0.3) is 0 Å². The Labute approximate surface area is 93.4 Å². The van der Waals surface area contributed by atoms with E-state index in [1.807, 2.05) is 6.07 Å². The number of esters is 1. The molecule has 0 amide bonds. The summed E-state index contributed by atoms with van der Waals surface area (Å²) >= 11 is -0.576. The Bertz CT molecular complexity index is 305. The molecule has 0 saturated carbocycles. The molecule has 3 nitrogen and oxygen atoms in total. The van der Waals surface area contributed by atoms with E-state index >= 15 is 0 Å². The summed E-state index contributed by atoms with van der Waals surface area (Å²) in [5.74, 6) is -0.895. The summed E-state index contributed by atoms with van der Waals surface area (Å²) in [5.41, 5.74) is 0. The normalized spacial score (nSPS) is 12.1. The second-order valence-electron chi connectivity index (χ2n) is 2.64. The third-order valence-electron chi connectivity index (χ3n) is 1.50. The van der Waals surface area contributed by atoms with Crippen LogP contribution in [0, 0.1) is 0 Å². The topological polar surface area (TPSA) is 46.5 Å². The number of rotatable bonds is 5. The molecule has 1 rings (SSSR count). The van der Waals surface area contributed by atoms with Gasteiger partial charge in [0.25, 0.3) is 0 Å². The molecule has 1 unspecified atom stereocenters. The summed E-state index contributed by atoms with van der Waals surface area (Å²) in [5, 5.41) is 6.79. The van der Waals surface area contributed by atoms with Gasteiger partial charge in [-0.05, 0) is 0 Å². The molecule has 0 aromatic heterocycles. The number of ether oxygens (including phenoxy) is 1. The summed E-state index contributed by atoms with van der Waals surface area (Å²) in [6, 6.07) is 8.96. The van der Waals surface area contributed by atoms with Crippen LogP contribution in [0.5, 0.6) is 0 Å². The van der Waals surface area contributed by atoms with E-state index in [2.05, 4.69) is 4.74 Å². The van der Waals surface area contributed by atoms with Gasteiger partial charge in [-0.15, -0.1) is 0 Å². The molecule has 0 bridgehead atoms. The van der Waals surface area contributed by atoms with Crippen molar-refractivity contribution in [2.45, 2.75) is 5.07 Å². The molecule has 0 radical (unpaired) electrons. The number of halogens is 1. The average molecular weight is 277 g/mol. The first-order valence-electron chi connectivity index (χ1n) is 4.37. The molecule has 1 aromatic carbocycles. The van der Waals surface area contributed by atoms with E-state index in [1.54, 1.807) is 24.3 Å². The zero-order chi connectivity index (χ0) is 11.1. The van der Waals surface area contributed by atoms with Crippen LogP contribution in [0.1, 0.15) is 0 Å². The quantitative estimate of drug-likeness (QED) is 0.601. The van der Waals surface area contributed by atoms with E-state index in [4.69, 9.17) is 5.11 Å². The number of benzene rings is 1. The minimum atomic E-state index is -1.61. The molecule has 0 fully saturated rings. The minimum absolute atomic E-state index is 0.149. The Hall–Kier alpha value is -0.901. The van der Waals surface area contributed by atoms with Crippen molar-refractivity contribution in [3.63, 3.8) is 0 Å². The average Bonchev–Trinajstić information content (AvgIpc) is 2.27. The number of carbonyl (C=O) groups is 1. The van der Waals surface area contributed by atoms with Crippen molar-refractivity contribution in [2.24, 2.45) is 0 Å². The van der Waals surface area contributed by atoms with Crippen LogP contribution in [-0.2, 0) is 9.53 Å². The molecule has 0 heterocycles. The zero-order valence-electron chi connectivity index (χ0n) is 7.93. The van der Waals surface area contributed by atoms with Crippen LogP contribution in [0.3, 0.4) is 0 Å². The fourth-order valence-corrected chi connectivity index (χ4v) is 2.38. The fraction of sp³-hybridized carbons (Fsp3) is 0.300. The van der Waals surface area contributed by atoms with Crippen molar-refractivity contribution in [3.05, 3.63) is 30.3 Å². The molecule has 1 N–H and O–H groups in total. The van der Waals surface area contributed by atoms with Gasteiger partial charge in [0.15, 0.2) is 0 Å². The first-order valence-corrected chi connectivity index (χ1v) is 6.22. The molecule has 82 valence electrons. The number of aliphatic hydroxyl groups is 1. The summed E-state index contributed by atoms with van der Waals surface area (Å²) < 4.78 is 18.6. The Kier molecular flexibility index (Phi) is 5.32. The predicted octanol–water partition coefficient (Wildman–Crippen LogP) is -0.153. The van der Waals surface area contributed by atoms with Crippen molar-refractivity contribution in [3.8, 4) is 0 Å². The number of alkyl halides is 1. The first-order chi connectivity index (χ1) is 7.24. The van der Waals surface area contributed by atoms with Crippen LogP contribution >= 0.6 is 0 Å². The molecule has 0 aliphatic carbocycles. The van der Waals surface area contributed by atoms with Gasteiger partial charge in [0.2, 0.25) is 0 Å². The van der Waals surface area contributed by atoms with Gasteiger partial charge in [-0.2, -0.15) is 0 Å². The van der Waals surface area contributed by atoms with Crippen molar-refractivity contribution in [1.82, 2.24) is 0 Å². The van der Waals surface area contributed by atoms with Crippen molar-refractivity contribution < 1.29 is 19.0 Å². The van der Waals surface area contributed by atoms with Crippen LogP contribution in [0.15, 0.2) is 30.3 Å². The Morgan fingerprint density at radius 2 is 2.13 bits per heavy atom. The number of carbonyl (C=O) groups excluding carboxylic acids is 1. The van der Waals surface area contributed by atoms with E-state index in [0.29, 0.717) is 0 Å². The maximum atomic E-state index is 13.3. The second kappa shape index (κ2) is 6.56. The summed E-state index contributed by atoms with van der Waals surface area (Å²) in [6.07, 6.45) is 0. The molecular weight excluding hydrogens is 266 g/mol. The molecule has 1 atom stereocenters. The Morgan fingerprint density at radius 1 is 1.47 bits per heavy atom. The zero-order valence-corrected chi connectivity index (χ0v) is 9.64. The molecule has 5 heteroatoms. The van der Waals surface area contributed by atoms with E-state index in [1.165, 1.54) is 0 Å². The maximum absolute atomic E-state index is 13.3. The van der Waals surface area contributed by atoms with Gasteiger partial charge < -0.3 is 0 Å². The summed E-state index contributed by atoms with van der Waals surface area (Å²) in [6.45, 7) is -0.430. The van der Waals surface area contributed by atoms with E-state index in [9.17, 15) is 9.18 Å². The van der Waals surface area contributed by atoms with Crippen molar-refractivity contribution >= 4 is 25.4 Å². The van der Waals surface area contributed by atoms with Gasteiger partial charge in [-0.3, -0.25) is 0 Å². The van der Waals surface area contributed by atoms with E-state index < -0.39 is 26.0 Å².